The van der Waals surface area contributed by atoms with Crippen LogP contribution >= 0.6 is 11.3 Å². The Morgan fingerprint density at radius 3 is 3.10 bits per heavy atom. The first-order chi connectivity index (χ1) is 10.2. The van der Waals surface area contributed by atoms with E-state index in [0.29, 0.717) is 5.92 Å². The summed E-state index contributed by atoms with van der Waals surface area (Å²) < 4.78 is 10.6. The molecular formula is C15H27N3O2S. The molecule has 2 rings (SSSR count). The van der Waals surface area contributed by atoms with Crippen molar-refractivity contribution in [2.75, 3.05) is 52.0 Å². The lowest BCUT2D eigenvalue weighted by Gasteiger charge is -2.26. The summed E-state index contributed by atoms with van der Waals surface area (Å²) in [6.07, 6.45) is 2.45. The first-order valence-corrected chi connectivity index (χ1v) is 8.47. The molecule has 0 aromatic carbocycles. The number of rotatable bonds is 8. The van der Waals surface area contributed by atoms with E-state index in [1.807, 2.05) is 0 Å². The minimum Gasteiger partial charge on any atom is -0.383 e. The fourth-order valence-corrected chi connectivity index (χ4v) is 3.53. The molecule has 0 radical (unpaired) electrons. The van der Waals surface area contributed by atoms with E-state index in [1.165, 1.54) is 17.7 Å². The van der Waals surface area contributed by atoms with Gasteiger partial charge in [0, 0.05) is 45.3 Å². The molecule has 1 N–H and O–H groups in total. The van der Waals surface area contributed by atoms with Gasteiger partial charge in [-0.2, -0.15) is 0 Å². The van der Waals surface area contributed by atoms with Crippen LogP contribution in [-0.2, 0) is 16.0 Å². The molecule has 1 aromatic heterocycles. The number of ether oxygens (including phenoxy) is 2. The summed E-state index contributed by atoms with van der Waals surface area (Å²) in [4.78, 5) is 8.29. The molecule has 1 unspecified atom stereocenters. The molecule has 1 fully saturated rings. The van der Waals surface area contributed by atoms with Crippen LogP contribution in [0.25, 0.3) is 0 Å². The molecule has 0 spiro atoms. The molecule has 1 saturated heterocycles. The van der Waals surface area contributed by atoms with E-state index in [-0.39, 0.29) is 0 Å². The SMILES string of the molecule is COCCNCc1sc(N(C)CC2CCCOC2)nc1C. The van der Waals surface area contributed by atoms with E-state index in [4.69, 9.17) is 14.5 Å². The molecule has 0 aliphatic carbocycles. The van der Waals surface area contributed by atoms with Gasteiger partial charge in [-0.3, -0.25) is 0 Å². The molecule has 120 valence electrons. The average molecular weight is 313 g/mol. The molecule has 6 heteroatoms. The van der Waals surface area contributed by atoms with E-state index in [1.54, 1.807) is 18.4 Å². The second kappa shape index (κ2) is 8.68. The fraction of sp³-hybridized carbons (Fsp3) is 0.800. The monoisotopic (exact) mass is 313 g/mol. The zero-order chi connectivity index (χ0) is 15.1. The molecule has 0 saturated carbocycles. The van der Waals surface area contributed by atoms with Gasteiger partial charge in [-0.05, 0) is 25.7 Å². The van der Waals surface area contributed by atoms with Crippen LogP contribution in [0.1, 0.15) is 23.4 Å². The molecule has 0 amide bonds. The average Bonchev–Trinajstić information content (AvgIpc) is 2.86. The molecule has 21 heavy (non-hydrogen) atoms. The van der Waals surface area contributed by atoms with Crippen molar-refractivity contribution in [2.24, 2.45) is 5.92 Å². The van der Waals surface area contributed by atoms with Gasteiger partial charge in [0.25, 0.3) is 0 Å². The lowest BCUT2D eigenvalue weighted by Crippen LogP contribution is -2.30. The molecule has 0 bridgehead atoms. The predicted octanol–water partition coefficient (Wildman–Crippen LogP) is 2.05. The Hall–Kier alpha value is -0.690. The molecule has 5 nitrogen and oxygen atoms in total. The molecule has 1 aliphatic heterocycles. The van der Waals surface area contributed by atoms with Crippen LogP contribution in [-0.4, -0.2) is 52.1 Å². The summed E-state index contributed by atoms with van der Waals surface area (Å²) in [5.41, 5.74) is 1.13. The second-order valence-corrected chi connectivity index (χ2v) is 6.70. The van der Waals surface area contributed by atoms with Gasteiger partial charge in [0.1, 0.15) is 0 Å². The number of hydrogen-bond donors (Lipinski definition) is 1. The van der Waals surface area contributed by atoms with E-state index in [2.05, 4.69) is 24.2 Å². The van der Waals surface area contributed by atoms with Crippen molar-refractivity contribution >= 4 is 16.5 Å². The minimum absolute atomic E-state index is 0.635. The van der Waals surface area contributed by atoms with Crippen molar-refractivity contribution in [1.29, 1.82) is 0 Å². The fourth-order valence-electron chi connectivity index (χ4n) is 2.53. The molecule has 1 aliphatic rings. The maximum atomic E-state index is 5.56. The number of nitrogens with one attached hydrogen (secondary N) is 1. The van der Waals surface area contributed by atoms with Gasteiger partial charge >= 0.3 is 0 Å². The summed E-state index contributed by atoms with van der Waals surface area (Å²) in [6, 6.07) is 0. The number of aryl methyl sites for hydroxylation is 1. The first kappa shape index (κ1) is 16.7. The summed E-state index contributed by atoms with van der Waals surface area (Å²) in [5.74, 6) is 0.635. The van der Waals surface area contributed by atoms with Crippen molar-refractivity contribution < 1.29 is 9.47 Å². The zero-order valence-corrected chi connectivity index (χ0v) is 14.2. The number of thiazole rings is 1. The van der Waals surface area contributed by atoms with Crippen LogP contribution in [0.15, 0.2) is 0 Å². The van der Waals surface area contributed by atoms with E-state index in [0.717, 1.165) is 50.3 Å². The maximum Gasteiger partial charge on any atom is 0.185 e. The Bertz CT molecular complexity index is 419. The number of anilines is 1. The third kappa shape index (κ3) is 5.21. The van der Waals surface area contributed by atoms with E-state index < -0.39 is 0 Å². The minimum atomic E-state index is 0.635. The Morgan fingerprint density at radius 1 is 1.52 bits per heavy atom. The largest absolute Gasteiger partial charge is 0.383 e. The van der Waals surface area contributed by atoms with Crippen LogP contribution in [0.2, 0.25) is 0 Å². The highest BCUT2D eigenvalue weighted by atomic mass is 32.1. The first-order valence-electron chi connectivity index (χ1n) is 7.65. The quantitative estimate of drug-likeness (QED) is 0.744. The highest BCUT2D eigenvalue weighted by Crippen LogP contribution is 2.26. The van der Waals surface area contributed by atoms with E-state index >= 15 is 0 Å². The van der Waals surface area contributed by atoms with Gasteiger partial charge in [-0.15, -0.1) is 11.3 Å². The standard InChI is InChI=1S/C15H27N3O2S/c1-12-14(9-16-6-8-19-3)21-15(17-12)18(2)10-13-5-4-7-20-11-13/h13,16H,4-11H2,1-3H3. The number of aromatic nitrogens is 1. The van der Waals surface area contributed by atoms with E-state index in [9.17, 15) is 0 Å². The number of hydrogen-bond acceptors (Lipinski definition) is 6. The van der Waals surface area contributed by atoms with Gasteiger partial charge in [0.05, 0.1) is 18.9 Å². The second-order valence-electron chi connectivity index (χ2n) is 5.64. The summed E-state index contributed by atoms with van der Waals surface area (Å²) in [5, 5.41) is 4.50. The third-order valence-corrected chi connectivity index (χ3v) is 5.03. The third-order valence-electron chi connectivity index (χ3n) is 3.76. The lowest BCUT2D eigenvalue weighted by molar-refractivity contribution is 0.0576. The van der Waals surface area contributed by atoms with Crippen molar-refractivity contribution in [2.45, 2.75) is 26.3 Å². The highest BCUT2D eigenvalue weighted by Gasteiger charge is 2.18. The summed E-state index contributed by atoms with van der Waals surface area (Å²) in [7, 11) is 3.86. The van der Waals surface area contributed by atoms with Gasteiger partial charge < -0.3 is 19.7 Å². The predicted molar refractivity (Wildman–Crippen MR) is 87.2 cm³/mol. The Kier molecular flexibility index (Phi) is 6.89. The zero-order valence-electron chi connectivity index (χ0n) is 13.4. The summed E-state index contributed by atoms with van der Waals surface area (Å²) >= 11 is 1.78. The van der Waals surface area contributed by atoms with Crippen molar-refractivity contribution in [3.8, 4) is 0 Å². The Morgan fingerprint density at radius 2 is 2.38 bits per heavy atom. The van der Waals surface area contributed by atoms with Crippen molar-refractivity contribution in [1.82, 2.24) is 10.3 Å². The van der Waals surface area contributed by atoms with Gasteiger partial charge in [-0.25, -0.2) is 4.98 Å². The normalized spacial score (nSPS) is 18.9. The van der Waals surface area contributed by atoms with Crippen LogP contribution in [0.4, 0.5) is 5.13 Å². The molecule has 1 aromatic rings. The maximum absolute atomic E-state index is 5.56. The lowest BCUT2D eigenvalue weighted by atomic mass is 10.0. The van der Waals surface area contributed by atoms with Gasteiger partial charge in [-0.1, -0.05) is 0 Å². The Labute approximate surface area is 131 Å². The highest BCUT2D eigenvalue weighted by molar-refractivity contribution is 7.15. The topological polar surface area (TPSA) is 46.6 Å². The molecular weight excluding hydrogens is 286 g/mol. The van der Waals surface area contributed by atoms with Crippen molar-refractivity contribution in [3.63, 3.8) is 0 Å². The van der Waals surface area contributed by atoms with Crippen LogP contribution in [0, 0.1) is 12.8 Å². The summed E-state index contributed by atoms with van der Waals surface area (Å²) in [6.45, 7) is 7.42. The van der Waals surface area contributed by atoms with Gasteiger partial charge in [0.15, 0.2) is 5.13 Å². The smallest absolute Gasteiger partial charge is 0.185 e. The van der Waals surface area contributed by atoms with Crippen LogP contribution in [0.3, 0.4) is 0 Å². The Balaban J connectivity index is 1.84. The van der Waals surface area contributed by atoms with Gasteiger partial charge in [0.2, 0.25) is 0 Å². The van der Waals surface area contributed by atoms with Crippen LogP contribution in [0.5, 0.6) is 0 Å². The molecule has 2 heterocycles. The molecule has 1 atom stereocenters. The number of nitrogens with zero attached hydrogens (tertiary/aromatic N) is 2. The van der Waals surface area contributed by atoms with Crippen LogP contribution < -0.4 is 10.2 Å². The van der Waals surface area contributed by atoms with Crippen molar-refractivity contribution in [3.05, 3.63) is 10.6 Å². The number of methoxy groups -OCH3 is 1.